The van der Waals surface area contributed by atoms with Crippen molar-refractivity contribution in [2.24, 2.45) is 0 Å². The summed E-state index contributed by atoms with van der Waals surface area (Å²) in [7, 11) is 0. The second-order valence-corrected chi connectivity index (χ2v) is 11.8. The van der Waals surface area contributed by atoms with Crippen LogP contribution in [-0.4, -0.2) is 23.1 Å². The Bertz CT molecular complexity index is 505. The van der Waals surface area contributed by atoms with Gasteiger partial charge in [-0.05, 0) is 32.6 Å². The van der Waals surface area contributed by atoms with E-state index in [-0.39, 0.29) is 12.1 Å². The molecule has 0 radical (unpaired) electrons. The van der Waals surface area contributed by atoms with Gasteiger partial charge in [0, 0.05) is 12.8 Å². The van der Waals surface area contributed by atoms with Crippen molar-refractivity contribution in [2.45, 2.75) is 206 Å². The van der Waals surface area contributed by atoms with E-state index in [1.807, 2.05) is 6.92 Å². The second-order valence-electron chi connectivity index (χ2n) is 11.8. The predicted molar refractivity (Wildman–Crippen MR) is 163 cm³/mol. The molecule has 0 saturated heterocycles. The summed E-state index contributed by atoms with van der Waals surface area (Å²) in [6, 6.07) is 0. The molecular formula is C34H66O4. The van der Waals surface area contributed by atoms with Crippen LogP contribution in [0.3, 0.4) is 0 Å². The Morgan fingerprint density at radius 1 is 0.500 bits per heavy atom. The van der Waals surface area contributed by atoms with Gasteiger partial charge in [0.05, 0.1) is 6.10 Å². The molecule has 0 aromatic heterocycles. The minimum absolute atomic E-state index is 0.0126. The van der Waals surface area contributed by atoms with Crippen molar-refractivity contribution in [3.63, 3.8) is 0 Å². The van der Waals surface area contributed by atoms with Gasteiger partial charge in [-0.1, -0.05) is 155 Å². The molecule has 0 aliphatic rings. The van der Waals surface area contributed by atoms with Crippen molar-refractivity contribution in [1.29, 1.82) is 0 Å². The average Bonchev–Trinajstić information content (AvgIpc) is 2.88. The van der Waals surface area contributed by atoms with Crippen molar-refractivity contribution in [3.05, 3.63) is 0 Å². The van der Waals surface area contributed by atoms with Crippen molar-refractivity contribution in [1.82, 2.24) is 0 Å². The zero-order chi connectivity index (χ0) is 27.9. The summed E-state index contributed by atoms with van der Waals surface area (Å²) >= 11 is 0. The molecule has 0 aromatic carbocycles. The van der Waals surface area contributed by atoms with Gasteiger partial charge in [0.15, 0.2) is 0 Å². The van der Waals surface area contributed by atoms with E-state index in [1.165, 1.54) is 128 Å². The molecule has 0 rings (SSSR count). The van der Waals surface area contributed by atoms with Crippen LogP contribution in [0.1, 0.15) is 200 Å². The van der Waals surface area contributed by atoms with E-state index in [4.69, 9.17) is 9.84 Å². The molecule has 38 heavy (non-hydrogen) atoms. The summed E-state index contributed by atoms with van der Waals surface area (Å²) in [5.74, 6) is -0.693. The maximum Gasteiger partial charge on any atom is 0.306 e. The Morgan fingerprint density at radius 2 is 0.816 bits per heavy atom. The molecule has 0 amide bonds. The van der Waals surface area contributed by atoms with Crippen LogP contribution in [-0.2, 0) is 14.3 Å². The van der Waals surface area contributed by atoms with Gasteiger partial charge in [0.25, 0.3) is 0 Å². The molecule has 0 bridgehead atoms. The largest absolute Gasteiger partial charge is 0.481 e. The number of ether oxygens (including phenoxy) is 1. The third kappa shape index (κ3) is 31.2. The molecule has 226 valence electrons. The highest BCUT2D eigenvalue weighted by Crippen LogP contribution is 2.16. The highest BCUT2D eigenvalue weighted by molar-refractivity contribution is 5.69. The Hall–Kier alpha value is -1.06. The molecule has 0 heterocycles. The summed E-state index contributed by atoms with van der Waals surface area (Å²) < 4.78 is 5.60. The number of hydrogen-bond acceptors (Lipinski definition) is 3. The molecule has 0 spiro atoms. The number of rotatable bonds is 31. The van der Waals surface area contributed by atoms with Crippen LogP contribution in [0.15, 0.2) is 0 Å². The van der Waals surface area contributed by atoms with Crippen molar-refractivity contribution >= 4 is 11.9 Å². The molecule has 0 saturated carbocycles. The molecular weight excluding hydrogens is 472 g/mol. The number of carboxylic acid groups (broad SMARTS) is 1. The number of unbranched alkanes of at least 4 members (excludes halogenated alkanes) is 24. The van der Waals surface area contributed by atoms with Crippen molar-refractivity contribution < 1.29 is 19.4 Å². The molecule has 4 heteroatoms. The lowest BCUT2D eigenvalue weighted by atomic mass is 10.0. The van der Waals surface area contributed by atoms with Gasteiger partial charge in [0.1, 0.15) is 0 Å². The monoisotopic (exact) mass is 538 g/mol. The summed E-state index contributed by atoms with van der Waals surface area (Å²) in [5, 5.41) is 8.63. The van der Waals surface area contributed by atoms with Gasteiger partial charge in [-0.3, -0.25) is 9.59 Å². The first-order chi connectivity index (χ1) is 18.6. The summed E-state index contributed by atoms with van der Waals surface area (Å²) in [5.41, 5.74) is 0. The van der Waals surface area contributed by atoms with Crippen LogP contribution in [0.4, 0.5) is 0 Å². The first-order valence-corrected chi connectivity index (χ1v) is 17.0. The van der Waals surface area contributed by atoms with Crippen molar-refractivity contribution in [3.8, 4) is 0 Å². The number of hydrogen-bond donors (Lipinski definition) is 1. The first kappa shape index (κ1) is 36.9. The number of carboxylic acids is 1. The van der Waals surface area contributed by atoms with E-state index < -0.39 is 5.97 Å². The Morgan fingerprint density at radius 3 is 1.18 bits per heavy atom. The third-order valence-electron chi connectivity index (χ3n) is 7.82. The number of carbonyl (C=O) groups is 2. The topological polar surface area (TPSA) is 63.6 Å². The highest BCUT2D eigenvalue weighted by Gasteiger charge is 2.09. The van der Waals surface area contributed by atoms with Gasteiger partial charge in [-0.15, -0.1) is 0 Å². The SMILES string of the molecule is CCCCCCCCCCCCCCCCCCCC(=O)OC(C)CCCCCCCCCCCC(=O)O. The lowest BCUT2D eigenvalue weighted by Crippen LogP contribution is -2.14. The molecule has 0 aliphatic carbocycles. The van der Waals surface area contributed by atoms with Crippen molar-refractivity contribution in [2.75, 3.05) is 0 Å². The Labute approximate surface area is 237 Å². The van der Waals surface area contributed by atoms with E-state index >= 15 is 0 Å². The number of aliphatic carboxylic acids is 1. The van der Waals surface area contributed by atoms with Gasteiger partial charge < -0.3 is 9.84 Å². The van der Waals surface area contributed by atoms with Crippen LogP contribution in [0.2, 0.25) is 0 Å². The van der Waals surface area contributed by atoms with Gasteiger partial charge in [0.2, 0.25) is 0 Å². The normalized spacial score (nSPS) is 12.1. The second kappa shape index (κ2) is 30.5. The number of esters is 1. The zero-order valence-corrected chi connectivity index (χ0v) is 25.8. The van der Waals surface area contributed by atoms with Crippen LogP contribution in [0.5, 0.6) is 0 Å². The minimum Gasteiger partial charge on any atom is -0.481 e. The minimum atomic E-state index is -0.680. The van der Waals surface area contributed by atoms with E-state index in [1.54, 1.807) is 0 Å². The lowest BCUT2D eigenvalue weighted by molar-refractivity contribution is -0.148. The van der Waals surface area contributed by atoms with Crippen LogP contribution in [0.25, 0.3) is 0 Å². The Kier molecular flexibility index (Phi) is 29.6. The van der Waals surface area contributed by atoms with E-state index in [0.717, 1.165) is 44.9 Å². The zero-order valence-electron chi connectivity index (χ0n) is 25.8. The van der Waals surface area contributed by atoms with Gasteiger partial charge in [-0.2, -0.15) is 0 Å². The smallest absolute Gasteiger partial charge is 0.306 e. The fourth-order valence-electron chi connectivity index (χ4n) is 5.28. The summed E-state index contributed by atoms with van der Waals surface area (Å²) in [6.07, 6.45) is 35.3. The predicted octanol–water partition coefficient (Wildman–Crippen LogP) is 11.3. The van der Waals surface area contributed by atoms with Gasteiger partial charge >= 0.3 is 11.9 Å². The highest BCUT2D eigenvalue weighted by atomic mass is 16.5. The standard InChI is InChI=1S/C34H66O4/c1-3-4-5-6-7-8-9-10-11-12-13-14-15-19-22-25-28-31-34(37)38-32(2)29-26-23-20-17-16-18-21-24-27-30-33(35)36/h32H,3-31H2,1-2H3,(H,35,36). The van der Waals surface area contributed by atoms with E-state index in [9.17, 15) is 9.59 Å². The average molecular weight is 539 g/mol. The maximum absolute atomic E-state index is 12.1. The fraction of sp³-hybridized carbons (Fsp3) is 0.941. The van der Waals surface area contributed by atoms with Crippen LogP contribution < -0.4 is 0 Å². The molecule has 4 nitrogen and oxygen atoms in total. The van der Waals surface area contributed by atoms with Gasteiger partial charge in [-0.25, -0.2) is 0 Å². The fourth-order valence-corrected chi connectivity index (χ4v) is 5.28. The molecule has 0 aliphatic heterocycles. The Balaban J connectivity index is 3.28. The lowest BCUT2D eigenvalue weighted by Gasteiger charge is -2.13. The van der Waals surface area contributed by atoms with Crippen LogP contribution >= 0.6 is 0 Å². The van der Waals surface area contributed by atoms with E-state index in [2.05, 4.69) is 6.92 Å². The number of carbonyl (C=O) groups excluding carboxylic acids is 1. The summed E-state index contributed by atoms with van der Waals surface area (Å²) in [6.45, 7) is 4.32. The quantitative estimate of drug-likeness (QED) is 0.0704. The van der Waals surface area contributed by atoms with Crippen LogP contribution in [0, 0.1) is 0 Å². The molecule has 1 N–H and O–H groups in total. The molecule has 0 aromatic rings. The molecule has 1 atom stereocenters. The summed E-state index contributed by atoms with van der Waals surface area (Å²) in [4.78, 5) is 22.6. The maximum atomic E-state index is 12.1. The third-order valence-corrected chi connectivity index (χ3v) is 7.82. The molecule has 1 unspecified atom stereocenters. The molecule has 0 fully saturated rings. The first-order valence-electron chi connectivity index (χ1n) is 17.0. The van der Waals surface area contributed by atoms with E-state index in [0.29, 0.717) is 12.8 Å².